The maximum Gasteiger partial charge on any atom is 0.410 e. The summed E-state index contributed by atoms with van der Waals surface area (Å²) in [6, 6.07) is 7.80. The molecule has 28 heteroatoms. The molecule has 0 bridgehead atoms. The first kappa shape index (κ1) is 69.6. The second kappa shape index (κ2) is 29.8. The topological polar surface area (TPSA) is 366 Å². The number of morpholine rings is 1. The standard InChI is InChI=1S/C67H87N9O19/c1-35(2)53(72-47(77)17-10-8-9-11-23-75-37(4)30-36(3)61(75)84)60(83)71-43(15-13-22-69-65(68)86)59(82)70-40-20-18-39(19-21-40)34-92-66(87)74-26-24-73(25-27-74)64(85)67(88)32-42-50(57(81)52-51(55(42)79)54(78)41-14-12-16-45(89-6)49(41)56(52)80)46(33-67)94-48-31-44-58(38(5)93-48)95-62-63(90-7)91-29-28-76(44)62/h12,14,16,18-21,35-36,38,43-44,46,48,53,58,62-63,79,81,88H,4,8-11,13,15,17,22-34H2,1-3,5-7H3,(H,70,82)(H,71,83)(H,72,77)(H3,68,69,86)/t36?,38-,43-,44-,46-,48-,53-,58+,62+,63-,67-/m0/s1. The summed E-state index contributed by atoms with van der Waals surface area (Å²) < 4.78 is 42.0. The van der Waals surface area contributed by atoms with Gasteiger partial charge in [-0.1, -0.05) is 64.5 Å². The molecule has 2 aliphatic carbocycles. The first-order valence-electron chi connectivity index (χ1n) is 32.6. The van der Waals surface area contributed by atoms with E-state index in [1.807, 2.05) is 13.8 Å². The minimum absolute atomic E-state index is 0.00561. The van der Waals surface area contributed by atoms with E-state index in [4.69, 9.17) is 38.9 Å². The number of carbonyl (C=O) groups excluding carboxylic acids is 9. The molecule has 3 aromatic rings. The molecular weight excluding hydrogens is 1230 g/mol. The predicted octanol–water partition coefficient (Wildman–Crippen LogP) is 3.98. The molecule has 95 heavy (non-hydrogen) atoms. The van der Waals surface area contributed by atoms with Gasteiger partial charge in [-0.15, -0.1) is 0 Å². The molecule has 10 rings (SSSR count). The number of fused-ring (bicyclic) bond motifs is 6. The molecule has 0 aromatic heterocycles. The van der Waals surface area contributed by atoms with E-state index in [1.54, 1.807) is 43.0 Å². The lowest BCUT2D eigenvalue weighted by Gasteiger charge is -2.45. The number of aromatic hydroxyl groups is 2. The van der Waals surface area contributed by atoms with Crippen LogP contribution >= 0.6 is 0 Å². The van der Waals surface area contributed by atoms with Crippen molar-refractivity contribution in [3.05, 3.63) is 93.7 Å². The number of unbranched alkanes of at least 4 members (excludes halogenated alkanes) is 3. The van der Waals surface area contributed by atoms with Crippen molar-refractivity contribution in [2.45, 2.75) is 166 Å². The molecule has 514 valence electrons. The smallest absolute Gasteiger partial charge is 0.410 e. The highest BCUT2D eigenvalue weighted by molar-refractivity contribution is 6.31. The van der Waals surface area contributed by atoms with Gasteiger partial charge in [0.25, 0.3) is 5.91 Å². The number of allylic oxidation sites excluding steroid dienone is 1. The predicted molar refractivity (Wildman–Crippen MR) is 338 cm³/mol. The van der Waals surface area contributed by atoms with Crippen LogP contribution in [-0.2, 0) is 65.4 Å². The van der Waals surface area contributed by atoms with E-state index in [9.17, 15) is 58.5 Å². The molecule has 11 atom stereocenters. The number of piperazine rings is 1. The number of nitrogens with one attached hydrogen (secondary N) is 4. The van der Waals surface area contributed by atoms with Crippen molar-refractivity contribution in [2.24, 2.45) is 17.6 Å². The lowest BCUT2D eigenvalue weighted by Crippen LogP contribution is -2.59. The number of nitrogens with zero attached hydrogens (tertiary/aromatic N) is 4. The second-order valence-corrected chi connectivity index (χ2v) is 25.8. The molecule has 5 heterocycles. The van der Waals surface area contributed by atoms with Crippen molar-refractivity contribution in [3.8, 4) is 17.2 Å². The summed E-state index contributed by atoms with van der Waals surface area (Å²) in [4.78, 5) is 128. The number of hydrogen-bond acceptors (Lipinski definition) is 20. The summed E-state index contributed by atoms with van der Waals surface area (Å²) >= 11 is 0. The number of phenols is 2. The summed E-state index contributed by atoms with van der Waals surface area (Å²) in [5, 5.41) is 48.1. The Bertz CT molecular complexity index is 3450. The molecular formula is C67H87N9O19. The zero-order chi connectivity index (χ0) is 68.2. The van der Waals surface area contributed by atoms with Crippen LogP contribution in [0.1, 0.15) is 147 Å². The molecule has 0 spiro atoms. The van der Waals surface area contributed by atoms with Gasteiger partial charge in [0.2, 0.25) is 29.4 Å². The first-order valence-corrected chi connectivity index (χ1v) is 32.6. The van der Waals surface area contributed by atoms with Gasteiger partial charge in [-0.3, -0.25) is 38.5 Å². The summed E-state index contributed by atoms with van der Waals surface area (Å²) in [5.41, 5.74) is 3.21. The molecule has 0 saturated carbocycles. The van der Waals surface area contributed by atoms with Crippen molar-refractivity contribution < 1.29 is 91.6 Å². The monoisotopic (exact) mass is 1320 g/mol. The molecule has 5 saturated heterocycles. The van der Waals surface area contributed by atoms with E-state index in [0.29, 0.717) is 43.8 Å². The maximum atomic E-state index is 14.8. The minimum Gasteiger partial charge on any atom is -0.507 e. The minimum atomic E-state index is -2.34. The Balaban J connectivity index is 0.748. The van der Waals surface area contributed by atoms with Gasteiger partial charge in [-0.05, 0) is 68.7 Å². The molecule has 8 amide bonds. The van der Waals surface area contributed by atoms with Gasteiger partial charge < -0.3 is 90.2 Å². The van der Waals surface area contributed by atoms with Crippen molar-refractivity contribution in [3.63, 3.8) is 0 Å². The van der Waals surface area contributed by atoms with E-state index >= 15 is 0 Å². The van der Waals surface area contributed by atoms with Crippen molar-refractivity contribution >= 4 is 58.9 Å². The Morgan fingerprint density at radius 3 is 2.24 bits per heavy atom. The molecule has 5 aliphatic heterocycles. The third-order valence-corrected chi connectivity index (χ3v) is 19.0. The van der Waals surface area contributed by atoms with Gasteiger partial charge in [-0.25, -0.2) is 9.59 Å². The van der Waals surface area contributed by atoms with Crippen LogP contribution < -0.4 is 31.7 Å². The van der Waals surface area contributed by atoms with Crippen molar-refractivity contribution in [1.29, 1.82) is 0 Å². The van der Waals surface area contributed by atoms with Gasteiger partial charge in [0.1, 0.15) is 47.6 Å². The normalized spacial score (nSPS) is 25.4. The van der Waals surface area contributed by atoms with Crippen LogP contribution in [0, 0.1) is 11.8 Å². The van der Waals surface area contributed by atoms with E-state index in [-0.39, 0.29) is 123 Å². The van der Waals surface area contributed by atoms with Gasteiger partial charge >= 0.3 is 12.1 Å². The highest BCUT2D eigenvalue weighted by Gasteiger charge is 2.56. The number of ketones is 2. The molecule has 1 unspecified atom stereocenters. The Labute approximate surface area is 550 Å². The van der Waals surface area contributed by atoms with Crippen LogP contribution in [0.25, 0.3) is 0 Å². The van der Waals surface area contributed by atoms with Gasteiger partial charge in [0, 0.05) is 119 Å². The van der Waals surface area contributed by atoms with Crippen molar-refractivity contribution in [1.82, 2.24) is 35.6 Å². The third-order valence-electron chi connectivity index (χ3n) is 19.0. The lowest BCUT2D eigenvalue weighted by molar-refractivity contribution is -0.256. The quantitative estimate of drug-likeness (QED) is 0.0363. The van der Waals surface area contributed by atoms with Gasteiger partial charge in [0.05, 0.1) is 42.6 Å². The lowest BCUT2D eigenvalue weighted by atomic mass is 9.72. The Hall–Kier alpha value is -8.25. The van der Waals surface area contributed by atoms with E-state index in [1.165, 1.54) is 42.2 Å². The number of carbonyl (C=O) groups is 9. The largest absolute Gasteiger partial charge is 0.507 e. The fourth-order valence-corrected chi connectivity index (χ4v) is 14.0. The van der Waals surface area contributed by atoms with Crippen LogP contribution in [0.4, 0.5) is 15.3 Å². The summed E-state index contributed by atoms with van der Waals surface area (Å²) in [7, 11) is 2.86. The summed E-state index contributed by atoms with van der Waals surface area (Å²) in [5.74, 6) is -5.43. The number of aliphatic hydroxyl groups is 1. The highest BCUT2D eigenvalue weighted by atomic mass is 16.7. The van der Waals surface area contributed by atoms with E-state index in [2.05, 4.69) is 32.7 Å². The second-order valence-electron chi connectivity index (χ2n) is 25.8. The SMILES string of the molecule is C=C1CC(C)C(=O)N1CCCCCCC(=O)N[C@H](C(=O)N[C@@H](CCCNC(N)=O)C(=O)Nc1ccc(COC(=O)N2CCN(C(=O)[C@]3(O)Cc4c(O)c5c(c(O)c4[C@@H](O[C@H]4C[C@H]6[C@H](O[C@@H]7[C@@H](OC)OCCN76)[C@H](C)O4)C3)C(=O)c3c(OC)cccc3C5=O)CC2)cc1)C(C)C. The maximum absolute atomic E-state index is 14.8. The average Bonchev–Trinajstić information content (AvgIpc) is 1.23. The van der Waals surface area contributed by atoms with Crippen LogP contribution in [-0.4, -0.2) is 210 Å². The zero-order valence-corrected chi connectivity index (χ0v) is 54.5. The Morgan fingerprint density at radius 1 is 0.842 bits per heavy atom. The van der Waals surface area contributed by atoms with Crippen LogP contribution in [0.5, 0.6) is 17.2 Å². The number of benzene rings is 3. The van der Waals surface area contributed by atoms with Crippen molar-refractivity contribution in [2.75, 3.05) is 72.0 Å². The number of hydrogen-bond donors (Lipinski definition) is 8. The number of phenolic OH excluding ortho intramolecular Hbond substituents is 2. The Kier molecular flexibility index (Phi) is 21.8. The molecule has 28 nitrogen and oxygen atoms in total. The fraction of sp³-hybridized carbons (Fsp3) is 0.567. The van der Waals surface area contributed by atoms with Crippen LogP contribution in [0.15, 0.2) is 54.7 Å². The number of rotatable bonds is 24. The number of urea groups is 1. The molecule has 0 radical (unpaired) electrons. The van der Waals surface area contributed by atoms with Crippen LogP contribution in [0.3, 0.4) is 0 Å². The number of amides is 8. The first-order chi connectivity index (χ1) is 45.4. The van der Waals surface area contributed by atoms with E-state index < -0.39 is 132 Å². The zero-order valence-electron chi connectivity index (χ0n) is 54.5. The number of nitrogens with two attached hydrogens (primary N) is 1. The molecule has 7 aliphatic rings. The van der Waals surface area contributed by atoms with Gasteiger partial charge in [-0.2, -0.15) is 0 Å². The fourth-order valence-electron chi connectivity index (χ4n) is 14.0. The van der Waals surface area contributed by atoms with E-state index in [0.717, 1.165) is 25.0 Å². The number of likely N-dealkylation sites (tertiary alicyclic amines) is 1. The highest BCUT2D eigenvalue weighted by Crippen LogP contribution is 2.53. The number of methoxy groups -OCH3 is 2. The van der Waals surface area contributed by atoms with Crippen LogP contribution in [0.2, 0.25) is 0 Å². The summed E-state index contributed by atoms with van der Waals surface area (Å²) in [6.45, 7) is 12.6. The number of ether oxygens (including phenoxy) is 7. The third kappa shape index (κ3) is 14.9. The Morgan fingerprint density at radius 2 is 1.56 bits per heavy atom. The number of primary amides is 1. The molecule has 3 aromatic carbocycles. The molecule has 9 N–H and O–H groups in total. The number of anilines is 1. The average molecular weight is 1320 g/mol. The molecule has 5 fully saturated rings. The summed E-state index contributed by atoms with van der Waals surface area (Å²) in [6.07, 6.45) is -2.03. The van der Waals surface area contributed by atoms with Gasteiger partial charge in [0.15, 0.2) is 24.6 Å².